The van der Waals surface area contributed by atoms with Gasteiger partial charge in [-0.25, -0.2) is 0 Å². The fraction of sp³-hybridized carbons (Fsp3) is 1.00. The topological polar surface area (TPSA) is 12.5 Å². The second kappa shape index (κ2) is 5.31. The van der Waals surface area contributed by atoms with Gasteiger partial charge in [-0.2, -0.15) is 0 Å². The van der Waals surface area contributed by atoms with Crippen molar-refractivity contribution in [2.75, 3.05) is 20.2 Å². The van der Waals surface area contributed by atoms with Crippen molar-refractivity contribution in [1.82, 2.24) is 4.90 Å². The zero-order valence-electron chi connectivity index (χ0n) is 11.0. The average Bonchev–Trinajstić information content (AvgIpc) is 2.18. The summed E-state index contributed by atoms with van der Waals surface area (Å²) in [6.45, 7) is 11.6. The summed E-state index contributed by atoms with van der Waals surface area (Å²) in [6.07, 6.45) is 3.84. The highest BCUT2D eigenvalue weighted by molar-refractivity contribution is 4.80. The molecule has 0 aliphatic carbocycles. The SMILES string of the molecule is COC(C)(C)CC(C)N1CCC(C)CC1. The minimum atomic E-state index is 0.0163. The Hall–Kier alpha value is -0.0800. The van der Waals surface area contributed by atoms with E-state index in [1.807, 2.05) is 7.11 Å². The van der Waals surface area contributed by atoms with Crippen LogP contribution in [0, 0.1) is 5.92 Å². The lowest BCUT2D eigenvalue weighted by Crippen LogP contribution is -2.43. The molecule has 0 amide bonds. The van der Waals surface area contributed by atoms with Gasteiger partial charge in [0.25, 0.3) is 0 Å². The van der Waals surface area contributed by atoms with Crippen LogP contribution in [-0.4, -0.2) is 36.7 Å². The van der Waals surface area contributed by atoms with E-state index in [0.29, 0.717) is 6.04 Å². The van der Waals surface area contributed by atoms with Crippen LogP contribution >= 0.6 is 0 Å². The fourth-order valence-corrected chi connectivity index (χ4v) is 2.39. The Morgan fingerprint density at radius 1 is 1.33 bits per heavy atom. The molecule has 0 N–H and O–H groups in total. The van der Waals surface area contributed by atoms with Gasteiger partial charge in [0.15, 0.2) is 0 Å². The normalized spacial score (nSPS) is 23.0. The highest BCUT2D eigenvalue weighted by Crippen LogP contribution is 2.23. The van der Waals surface area contributed by atoms with Crippen LogP contribution in [0.2, 0.25) is 0 Å². The summed E-state index contributed by atoms with van der Waals surface area (Å²) < 4.78 is 5.49. The van der Waals surface area contributed by atoms with E-state index in [-0.39, 0.29) is 5.60 Å². The van der Waals surface area contributed by atoms with E-state index in [9.17, 15) is 0 Å². The van der Waals surface area contributed by atoms with Crippen LogP contribution in [0.15, 0.2) is 0 Å². The summed E-state index contributed by atoms with van der Waals surface area (Å²) in [5.74, 6) is 0.920. The first kappa shape index (κ1) is 13.0. The first-order valence-electron chi connectivity index (χ1n) is 6.24. The minimum absolute atomic E-state index is 0.0163. The van der Waals surface area contributed by atoms with Gasteiger partial charge in [0.05, 0.1) is 5.60 Å². The zero-order chi connectivity index (χ0) is 11.5. The minimum Gasteiger partial charge on any atom is -0.379 e. The zero-order valence-corrected chi connectivity index (χ0v) is 11.0. The predicted molar refractivity (Wildman–Crippen MR) is 65.1 cm³/mol. The molecule has 2 nitrogen and oxygen atoms in total. The first-order chi connectivity index (χ1) is 6.94. The molecule has 1 fully saturated rings. The molecule has 1 rings (SSSR count). The number of ether oxygens (including phenoxy) is 1. The number of rotatable bonds is 4. The molecule has 15 heavy (non-hydrogen) atoms. The van der Waals surface area contributed by atoms with E-state index in [1.54, 1.807) is 0 Å². The van der Waals surface area contributed by atoms with E-state index in [2.05, 4.69) is 32.6 Å². The highest BCUT2D eigenvalue weighted by Gasteiger charge is 2.26. The van der Waals surface area contributed by atoms with Gasteiger partial charge in [-0.15, -0.1) is 0 Å². The molecule has 1 heterocycles. The third kappa shape index (κ3) is 4.12. The summed E-state index contributed by atoms with van der Waals surface area (Å²) in [5.41, 5.74) is 0.0163. The third-order valence-electron chi connectivity index (χ3n) is 3.78. The summed E-state index contributed by atoms with van der Waals surface area (Å²) in [4.78, 5) is 2.61. The molecule has 1 unspecified atom stereocenters. The van der Waals surface area contributed by atoms with Crippen molar-refractivity contribution in [3.05, 3.63) is 0 Å². The molecule has 0 spiro atoms. The second-order valence-electron chi connectivity index (χ2n) is 5.74. The standard InChI is InChI=1S/C13H27NO/c1-11-6-8-14(9-7-11)12(2)10-13(3,4)15-5/h11-12H,6-10H2,1-5H3. The van der Waals surface area contributed by atoms with Crippen molar-refractivity contribution in [2.45, 2.75) is 58.6 Å². The van der Waals surface area contributed by atoms with Crippen molar-refractivity contribution < 1.29 is 4.74 Å². The highest BCUT2D eigenvalue weighted by atomic mass is 16.5. The summed E-state index contributed by atoms with van der Waals surface area (Å²) in [5, 5.41) is 0. The van der Waals surface area contributed by atoms with E-state index >= 15 is 0 Å². The van der Waals surface area contributed by atoms with Gasteiger partial charge < -0.3 is 9.64 Å². The molecule has 0 radical (unpaired) electrons. The molecule has 0 aromatic rings. The van der Waals surface area contributed by atoms with Gasteiger partial charge in [0.2, 0.25) is 0 Å². The van der Waals surface area contributed by atoms with Crippen LogP contribution in [-0.2, 0) is 4.74 Å². The van der Waals surface area contributed by atoms with Crippen LogP contribution in [0.4, 0.5) is 0 Å². The Morgan fingerprint density at radius 2 is 1.87 bits per heavy atom. The van der Waals surface area contributed by atoms with Crippen LogP contribution in [0.5, 0.6) is 0 Å². The molecular weight excluding hydrogens is 186 g/mol. The lowest BCUT2D eigenvalue weighted by Gasteiger charge is -2.38. The van der Waals surface area contributed by atoms with Crippen molar-refractivity contribution in [2.24, 2.45) is 5.92 Å². The largest absolute Gasteiger partial charge is 0.379 e. The Balaban J connectivity index is 2.37. The lowest BCUT2D eigenvalue weighted by molar-refractivity contribution is -0.0101. The van der Waals surface area contributed by atoms with Crippen molar-refractivity contribution in [1.29, 1.82) is 0 Å². The lowest BCUT2D eigenvalue weighted by atomic mass is 9.94. The van der Waals surface area contributed by atoms with E-state index in [4.69, 9.17) is 4.74 Å². The van der Waals surface area contributed by atoms with Crippen molar-refractivity contribution in [3.63, 3.8) is 0 Å². The monoisotopic (exact) mass is 213 g/mol. The van der Waals surface area contributed by atoms with Gasteiger partial charge in [-0.05, 0) is 59.0 Å². The van der Waals surface area contributed by atoms with Crippen LogP contribution in [0.25, 0.3) is 0 Å². The van der Waals surface area contributed by atoms with Gasteiger partial charge in [0.1, 0.15) is 0 Å². The molecule has 2 heteroatoms. The number of likely N-dealkylation sites (tertiary alicyclic amines) is 1. The number of nitrogens with zero attached hydrogens (tertiary/aromatic N) is 1. The molecule has 1 atom stereocenters. The summed E-state index contributed by atoms with van der Waals surface area (Å²) in [6, 6.07) is 0.646. The van der Waals surface area contributed by atoms with Crippen molar-refractivity contribution in [3.8, 4) is 0 Å². The Kier molecular flexibility index (Phi) is 4.60. The first-order valence-corrected chi connectivity index (χ1v) is 6.24. The van der Waals surface area contributed by atoms with Crippen LogP contribution in [0.3, 0.4) is 0 Å². The number of methoxy groups -OCH3 is 1. The Labute approximate surface area is 95.0 Å². The maximum atomic E-state index is 5.49. The van der Waals surface area contributed by atoms with Gasteiger partial charge in [-0.1, -0.05) is 6.92 Å². The Morgan fingerprint density at radius 3 is 2.33 bits per heavy atom. The molecular formula is C13H27NO. The maximum absolute atomic E-state index is 5.49. The third-order valence-corrected chi connectivity index (χ3v) is 3.78. The summed E-state index contributed by atoms with van der Waals surface area (Å²) >= 11 is 0. The van der Waals surface area contributed by atoms with Gasteiger partial charge >= 0.3 is 0 Å². The van der Waals surface area contributed by atoms with Gasteiger partial charge in [-0.3, -0.25) is 0 Å². The van der Waals surface area contributed by atoms with E-state index < -0.39 is 0 Å². The quantitative estimate of drug-likeness (QED) is 0.712. The predicted octanol–water partition coefficient (Wildman–Crippen LogP) is 2.92. The molecule has 1 aliphatic heterocycles. The maximum Gasteiger partial charge on any atom is 0.0637 e. The van der Waals surface area contributed by atoms with Gasteiger partial charge in [0, 0.05) is 13.2 Å². The van der Waals surface area contributed by atoms with E-state index in [0.717, 1.165) is 12.3 Å². The van der Waals surface area contributed by atoms with Crippen LogP contribution < -0.4 is 0 Å². The second-order valence-corrected chi connectivity index (χ2v) is 5.74. The molecule has 90 valence electrons. The van der Waals surface area contributed by atoms with Crippen LogP contribution in [0.1, 0.15) is 47.0 Å². The fourth-order valence-electron chi connectivity index (χ4n) is 2.39. The number of piperidine rings is 1. The number of hydrogen-bond donors (Lipinski definition) is 0. The van der Waals surface area contributed by atoms with E-state index in [1.165, 1.54) is 25.9 Å². The van der Waals surface area contributed by atoms with Crippen molar-refractivity contribution >= 4 is 0 Å². The smallest absolute Gasteiger partial charge is 0.0637 e. The molecule has 1 saturated heterocycles. The molecule has 0 aromatic heterocycles. The molecule has 1 aliphatic rings. The average molecular weight is 213 g/mol. The number of hydrogen-bond acceptors (Lipinski definition) is 2. The Bertz CT molecular complexity index is 183. The molecule has 0 aromatic carbocycles. The summed E-state index contributed by atoms with van der Waals surface area (Å²) in [7, 11) is 1.81. The molecule has 0 bridgehead atoms. The molecule has 0 saturated carbocycles.